The molecule has 20 heavy (non-hydrogen) atoms. The van der Waals surface area contributed by atoms with Crippen molar-refractivity contribution in [3.05, 3.63) is 34.2 Å². The Labute approximate surface area is 130 Å². The van der Waals surface area contributed by atoms with E-state index in [0.29, 0.717) is 5.69 Å². The van der Waals surface area contributed by atoms with Crippen LogP contribution in [-0.2, 0) is 4.74 Å². The van der Waals surface area contributed by atoms with Crippen LogP contribution in [0.25, 0.3) is 10.6 Å². The number of halogens is 1. The molecule has 2 aromatic rings. The summed E-state index contributed by atoms with van der Waals surface area (Å²) in [6, 6.07) is 7.51. The van der Waals surface area contributed by atoms with Gasteiger partial charge in [-0.3, -0.25) is 10.3 Å². The van der Waals surface area contributed by atoms with Crippen molar-refractivity contribution in [1.29, 1.82) is 0 Å². The number of pyridine rings is 1. The minimum absolute atomic E-state index is 0.472. The van der Waals surface area contributed by atoms with E-state index in [9.17, 15) is 4.79 Å². The van der Waals surface area contributed by atoms with Gasteiger partial charge in [0.1, 0.15) is 5.60 Å². The van der Waals surface area contributed by atoms with E-state index < -0.39 is 11.7 Å². The van der Waals surface area contributed by atoms with E-state index in [0.717, 1.165) is 14.4 Å². The molecule has 2 heterocycles. The van der Waals surface area contributed by atoms with Crippen LogP contribution in [0, 0.1) is 0 Å². The lowest BCUT2D eigenvalue weighted by molar-refractivity contribution is 0.0636. The lowest BCUT2D eigenvalue weighted by atomic mass is 10.2. The fourth-order valence-electron chi connectivity index (χ4n) is 1.55. The number of nitrogens with zero attached hydrogens (tertiary/aromatic N) is 1. The van der Waals surface area contributed by atoms with Gasteiger partial charge >= 0.3 is 6.09 Å². The first-order valence-corrected chi connectivity index (χ1v) is 7.67. The van der Waals surface area contributed by atoms with Crippen molar-refractivity contribution >= 4 is 39.0 Å². The lowest BCUT2D eigenvalue weighted by Crippen LogP contribution is -2.27. The van der Waals surface area contributed by atoms with Gasteiger partial charge in [-0.1, -0.05) is 6.07 Å². The predicted octanol–water partition coefficient (Wildman–Crippen LogP) is 4.92. The summed E-state index contributed by atoms with van der Waals surface area (Å²) in [7, 11) is 0. The van der Waals surface area contributed by atoms with Crippen LogP contribution in [0.2, 0.25) is 0 Å². The second kappa shape index (κ2) is 5.93. The first-order valence-electron chi connectivity index (χ1n) is 6.06. The van der Waals surface area contributed by atoms with E-state index in [4.69, 9.17) is 4.74 Å². The predicted molar refractivity (Wildman–Crippen MR) is 85.1 cm³/mol. The highest BCUT2D eigenvalue weighted by molar-refractivity contribution is 9.11. The summed E-state index contributed by atoms with van der Waals surface area (Å²) in [5, 5.41) is 2.77. The number of hydrogen-bond donors (Lipinski definition) is 1. The molecule has 0 spiro atoms. The Kier molecular flexibility index (Phi) is 4.45. The summed E-state index contributed by atoms with van der Waals surface area (Å²) in [5.41, 5.74) is 0.978. The summed E-state index contributed by atoms with van der Waals surface area (Å²) in [5.74, 6) is 0. The number of anilines is 1. The summed E-state index contributed by atoms with van der Waals surface area (Å²) in [4.78, 5) is 17.1. The molecule has 0 fully saturated rings. The highest BCUT2D eigenvalue weighted by atomic mass is 79.9. The third kappa shape index (κ3) is 4.05. The van der Waals surface area contributed by atoms with Gasteiger partial charge in [0, 0.05) is 6.20 Å². The average Bonchev–Trinajstić information content (AvgIpc) is 2.68. The minimum atomic E-state index is -0.525. The van der Waals surface area contributed by atoms with Gasteiger partial charge in [-0.05, 0) is 54.9 Å². The number of aromatic nitrogens is 1. The molecule has 106 valence electrons. The molecule has 0 bridgehead atoms. The molecule has 0 aliphatic carbocycles. The standard InChI is InChI=1S/C14H15BrN2O2S/c1-14(2,3)19-13(18)17-10-8-11(15)20-12(10)9-6-4-5-7-16-9/h4-8H,1-3H3,(H,17,18). The molecule has 0 radical (unpaired) electrons. The zero-order valence-corrected chi connectivity index (χ0v) is 13.8. The fraction of sp³-hybridized carbons (Fsp3) is 0.286. The van der Waals surface area contributed by atoms with E-state index in [2.05, 4.69) is 26.2 Å². The van der Waals surface area contributed by atoms with Crippen molar-refractivity contribution in [3.8, 4) is 10.6 Å². The Hall–Kier alpha value is -1.40. The molecule has 1 amide bonds. The normalized spacial score (nSPS) is 11.2. The highest BCUT2D eigenvalue weighted by Gasteiger charge is 2.19. The molecule has 1 N–H and O–H groups in total. The highest BCUT2D eigenvalue weighted by Crippen LogP contribution is 2.38. The van der Waals surface area contributed by atoms with Crippen molar-refractivity contribution in [1.82, 2.24) is 4.98 Å². The van der Waals surface area contributed by atoms with Gasteiger partial charge in [-0.15, -0.1) is 11.3 Å². The number of ether oxygens (including phenoxy) is 1. The van der Waals surface area contributed by atoms with Gasteiger partial charge in [-0.2, -0.15) is 0 Å². The molecular weight excluding hydrogens is 340 g/mol. The van der Waals surface area contributed by atoms with E-state index >= 15 is 0 Å². The first kappa shape index (κ1) is 15.0. The molecule has 0 aromatic carbocycles. The first-order chi connectivity index (χ1) is 9.35. The maximum atomic E-state index is 11.9. The molecule has 0 aliphatic heterocycles. The summed E-state index contributed by atoms with van der Waals surface area (Å²) >= 11 is 4.94. The van der Waals surface area contributed by atoms with Gasteiger partial charge in [0.2, 0.25) is 0 Å². The Morgan fingerprint density at radius 3 is 2.75 bits per heavy atom. The molecule has 2 aromatic heterocycles. The van der Waals surface area contributed by atoms with Gasteiger partial charge in [0.15, 0.2) is 0 Å². The van der Waals surface area contributed by atoms with Crippen LogP contribution in [0.3, 0.4) is 0 Å². The fourth-order valence-corrected chi connectivity index (χ4v) is 3.09. The van der Waals surface area contributed by atoms with Crippen molar-refractivity contribution in [2.24, 2.45) is 0 Å². The number of thiophene rings is 1. The van der Waals surface area contributed by atoms with E-state index in [1.54, 1.807) is 6.20 Å². The number of amides is 1. The number of hydrogen-bond acceptors (Lipinski definition) is 4. The van der Waals surface area contributed by atoms with Crippen LogP contribution in [0.15, 0.2) is 34.2 Å². The molecule has 4 nitrogen and oxygen atoms in total. The van der Waals surface area contributed by atoms with Gasteiger partial charge in [0.25, 0.3) is 0 Å². The SMILES string of the molecule is CC(C)(C)OC(=O)Nc1cc(Br)sc1-c1ccccn1. The van der Waals surface area contributed by atoms with Crippen molar-refractivity contribution < 1.29 is 9.53 Å². The summed E-state index contributed by atoms with van der Waals surface area (Å²) < 4.78 is 6.18. The van der Waals surface area contributed by atoms with Crippen molar-refractivity contribution in [3.63, 3.8) is 0 Å². The second-order valence-corrected chi connectivity index (χ2v) is 7.57. The van der Waals surface area contributed by atoms with Gasteiger partial charge < -0.3 is 4.74 Å². The third-order valence-corrected chi connectivity index (χ3v) is 3.90. The van der Waals surface area contributed by atoms with Crippen molar-refractivity contribution in [2.75, 3.05) is 5.32 Å². The van der Waals surface area contributed by atoms with Gasteiger partial charge in [0.05, 0.1) is 20.0 Å². The Morgan fingerprint density at radius 2 is 2.15 bits per heavy atom. The monoisotopic (exact) mass is 354 g/mol. The molecule has 0 atom stereocenters. The lowest BCUT2D eigenvalue weighted by Gasteiger charge is -2.19. The van der Waals surface area contributed by atoms with E-state index in [-0.39, 0.29) is 0 Å². The maximum absolute atomic E-state index is 11.9. The molecule has 0 aliphatic rings. The average molecular weight is 355 g/mol. The third-order valence-electron chi connectivity index (χ3n) is 2.24. The smallest absolute Gasteiger partial charge is 0.412 e. The maximum Gasteiger partial charge on any atom is 0.412 e. The summed E-state index contributed by atoms with van der Waals surface area (Å²) in [6.07, 6.45) is 1.25. The minimum Gasteiger partial charge on any atom is -0.444 e. The van der Waals surface area contributed by atoms with E-state index in [1.807, 2.05) is 45.0 Å². The molecule has 0 saturated carbocycles. The van der Waals surface area contributed by atoms with Crippen LogP contribution >= 0.6 is 27.3 Å². The quantitative estimate of drug-likeness (QED) is 0.832. The molecule has 6 heteroatoms. The van der Waals surface area contributed by atoms with E-state index in [1.165, 1.54) is 11.3 Å². The molecule has 0 unspecified atom stereocenters. The molecule has 0 saturated heterocycles. The number of nitrogens with one attached hydrogen (secondary N) is 1. The zero-order valence-electron chi connectivity index (χ0n) is 11.4. The van der Waals surface area contributed by atoms with Crippen LogP contribution in [0.5, 0.6) is 0 Å². The Balaban J connectivity index is 2.23. The van der Waals surface area contributed by atoms with Crippen LogP contribution in [-0.4, -0.2) is 16.7 Å². The van der Waals surface area contributed by atoms with Crippen molar-refractivity contribution in [2.45, 2.75) is 26.4 Å². The number of carbonyl (C=O) groups excluding carboxylic acids is 1. The van der Waals surface area contributed by atoms with Gasteiger partial charge in [-0.25, -0.2) is 4.79 Å². The topological polar surface area (TPSA) is 51.2 Å². The molecular formula is C14H15BrN2O2S. The molecule has 2 rings (SSSR count). The van der Waals surface area contributed by atoms with Crippen LogP contribution < -0.4 is 5.32 Å². The Bertz CT molecular complexity index is 605. The van der Waals surface area contributed by atoms with Crippen LogP contribution in [0.4, 0.5) is 10.5 Å². The largest absolute Gasteiger partial charge is 0.444 e. The Morgan fingerprint density at radius 1 is 1.40 bits per heavy atom. The van der Waals surface area contributed by atoms with Crippen LogP contribution in [0.1, 0.15) is 20.8 Å². The number of rotatable bonds is 2. The number of carbonyl (C=O) groups is 1. The zero-order chi connectivity index (χ0) is 14.8. The summed E-state index contributed by atoms with van der Waals surface area (Å²) in [6.45, 7) is 5.49. The second-order valence-electron chi connectivity index (χ2n) is 5.14.